The summed E-state index contributed by atoms with van der Waals surface area (Å²) in [5.74, 6) is 0.338. The maximum atomic E-state index is 13.2. The third-order valence-corrected chi connectivity index (χ3v) is 5.11. The molecule has 0 aliphatic carbocycles. The number of carbonyl (C=O) groups excluding carboxylic acids is 2. The Bertz CT molecular complexity index is 832. The molecule has 1 fully saturated rings. The number of halogens is 1. The van der Waals surface area contributed by atoms with Crippen LogP contribution in [0, 0.1) is 18.7 Å². The Balaban J connectivity index is 1.75. The second kappa shape index (κ2) is 8.54. The van der Waals surface area contributed by atoms with E-state index < -0.39 is 0 Å². The second-order valence-corrected chi connectivity index (χ2v) is 7.66. The van der Waals surface area contributed by atoms with Gasteiger partial charge in [0.2, 0.25) is 11.8 Å². The highest BCUT2D eigenvalue weighted by Crippen LogP contribution is 2.22. The summed E-state index contributed by atoms with van der Waals surface area (Å²) in [5.41, 5.74) is 1.61. The van der Waals surface area contributed by atoms with Gasteiger partial charge in [-0.05, 0) is 30.5 Å². The minimum Gasteiger partial charge on any atom is -0.361 e. The SMILES string of the molecule is Cc1cc(CC(=O)N2CCC(=O)N(Cc3ccc(F)cc3)[C@@H](C(C)C)C2)on1. The van der Waals surface area contributed by atoms with Crippen molar-refractivity contribution in [3.05, 3.63) is 53.2 Å². The van der Waals surface area contributed by atoms with Crippen LogP contribution in [0.2, 0.25) is 0 Å². The molecule has 2 aromatic rings. The predicted octanol–water partition coefficient (Wildman–Crippen LogP) is 2.95. The molecule has 7 heteroatoms. The quantitative estimate of drug-likeness (QED) is 0.791. The molecule has 1 aromatic heterocycles. The van der Waals surface area contributed by atoms with Gasteiger partial charge < -0.3 is 14.3 Å². The maximum absolute atomic E-state index is 13.2. The molecule has 6 nitrogen and oxygen atoms in total. The number of amides is 2. The molecule has 0 radical (unpaired) electrons. The summed E-state index contributed by atoms with van der Waals surface area (Å²) < 4.78 is 18.4. The van der Waals surface area contributed by atoms with Gasteiger partial charge in [-0.3, -0.25) is 9.59 Å². The number of benzene rings is 1. The number of nitrogens with zero attached hydrogens (tertiary/aromatic N) is 3. The molecular weight excluding hydrogens is 361 g/mol. The summed E-state index contributed by atoms with van der Waals surface area (Å²) in [6, 6.07) is 7.83. The normalized spacial score (nSPS) is 17.9. The maximum Gasteiger partial charge on any atom is 0.230 e. The Hall–Kier alpha value is -2.70. The zero-order valence-electron chi connectivity index (χ0n) is 16.5. The average molecular weight is 387 g/mol. The fraction of sp³-hybridized carbons (Fsp3) is 0.476. The summed E-state index contributed by atoms with van der Waals surface area (Å²) >= 11 is 0. The number of hydrogen-bond donors (Lipinski definition) is 0. The molecule has 0 spiro atoms. The molecular formula is C21H26FN3O3. The summed E-state index contributed by atoms with van der Waals surface area (Å²) in [4.78, 5) is 29.2. The Kier molecular flexibility index (Phi) is 6.11. The number of hydrogen-bond acceptors (Lipinski definition) is 4. The van der Waals surface area contributed by atoms with Crippen LogP contribution < -0.4 is 0 Å². The minimum absolute atomic E-state index is 0.00818. The van der Waals surface area contributed by atoms with Gasteiger partial charge in [0, 0.05) is 32.1 Å². The van der Waals surface area contributed by atoms with E-state index in [0.717, 1.165) is 11.3 Å². The topological polar surface area (TPSA) is 66.7 Å². The molecule has 28 heavy (non-hydrogen) atoms. The average Bonchev–Trinajstić information content (AvgIpc) is 2.97. The molecule has 2 amide bonds. The van der Waals surface area contributed by atoms with Gasteiger partial charge >= 0.3 is 0 Å². The number of aryl methyl sites for hydroxylation is 1. The van der Waals surface area contributed by atoms with Crippen molar-refractivity contribution in [2.75, 3.05) is 13.1 Å². The second-order valence-electron chi connectivity index (χ2n) is 7.66. The fourth-order valence-electron chi connectivity index (χ4n) is 3.52. The van der Waals surface area contributed by atoms with E-state index in [1.54, 1.807) is 23.1 Å². The highest BCUT2D eigenvalue weighted by molar-refractivity contribution is 5.81. The highest BCUT2D eigenvalue weighted by Gasteiger charge is 2.33. The van der Waals surface area contributed by atoms with Gasteiger partial charge in [0.1, 0.15) is 11.6 Å². The molecule has 1 atom stereocenters. The van der Waals surface area contributed by atoms with Crippen molar-refractivity contribution in [2.24, 2.45) is 5.92 Å². The van der Waals surface area contributed by atoms with Crippen molar-refractivity contribution < 1.29 is 18.5 Å². The van der Waals surface area contributed by atoms with Gasteiger partial charge in [0.25, 0.3) is 0 Å². The van der Waals surface area contributed by atoms with Gasteiger partial charge in [-0.1, -0.05) is 31.1 Å². The lowest BCUT2D eigenvalue weighted by atomic mass is 10.0. The van der Waals surface area contributed by atoms with Crippen LogP contribution in [0.1, 0.15) is 37.3 Å². The molecule has 0 unspecified atom stereocenters. The Morgan fingerprint density at radius 1 is 1.32 bits per heavy atom. The first-order valence-electron chi connectivity index (χ1n) is 9.57. The van der Waals surface area contributed by atoms with Gasteiger partial charge in [-0.25, -0.2) is 4.39 Å². The molecule has 150 valence electrons. The number of carbonyl (C=O) groups is 2. The van der Waals surface area contributed by atoms with Crippen LogP contribution in [-0.2, 0) is 22.6 Å². The third-order valence-electron chi connectivity index (χ3n) is 5.11. The van der Waals surface area contributed by atoms with E-state index in [9.17, 15) is 14.0 Å². The predicted molar refractivity (Wildman–Crippen MR) is 102 cm³/mol. The van der Waals surface area contributed by atoms with Crippen LogP contribution in [0.15, 0.2) is 34.9 Å². The van der Waals surface area contributed by atoms with Crippen molar-refractivity contribution in [2.45, 2.75) is 46.2 Å². The van der Waals surface area contributed by atoms with E-state index >= 15 is 0 Å². The van der Waals surface area contributed by atoms with Gasteiger partial charge in [-0.2, -0.15) is 0 Å². The number of aromatic nitrogens is 1. The van der Waals surface area contributed by atoms with Crippen LogP contribution in [0.4, 0.5) is 4.39 Å². The first kappa shape index (κ1) is 20.0. The van der Waals surface area contributed by atoms with Crippen LogP contribution in [-0.4, -0.2) is 45.9 Å². The molecule has 1 aromatic carbocycles. The standard InChI is InChI=1S/C21H26FN3O3/c1-14(2)19-13-24(21(27)11-18-10-15(3)23-28-18)9-8-20(26)25(19)12-16-4-6-17(22)7-5-16/h4-7,10,14,19H,8-9,11-13H2,1-3H3/t19-/m1/s1. The lowest BCUT2D eigenvalue weighted by Crippen LogP contribution is -2.47. The minimum atomic E-state index is -0.300. The lowest BCUT2D eigenvalue weighted by molar-refractivity contribution is -0.134. The smallest absolute Gasteiger partial charge is 0.230 e. The van der Waals surface area contributed by atoms with E-state index in [4.69, 9.17) is 4.52 Å². The number of rotatable bonds is 5. The van der Waals surface area contributed by atoms with Crippen LogP contribution in [0.3, 0.4) is 0 Å². The van der Waals surface area contributed by atoms with Crippen molar-refractivity contribution >= 4 is 11.8 Å². The van der Waals surface area contributed by atoms with E-state index in [-0.39, 0.29) is 42.4 Å². The third kappa shape index (κ3) is 4.77. The van der Waals surface area contributed by atoms with Gasteiger partial charge in [-0.15, -0.1) is 0 Å². The van der Waals surface area contributed by atoms with E-state index in [1.165, 1.54) is 12.1 Å². The van der Waals surface area contributed by atoms with E-state index in [1.807, 2.05) is 25.7 Å². The zero-order valence-corrected chi connectivity index (χ0v) is 16.5. The fourth-order valence-corrected chi connectivity index (χ4v) is 3.52. The summed E-state index contributed by atoms with van der Waals surface area (Å²) in [7, 11) is 0. The van der Waals surface area contributed by atoms with Crippen LogP contribution in [0.25, 0.3) is 0 Å². The van der Waals surface area contributed by atoms with Crippen LogP contribution in [0.5, 0.6) is 0 Å². The molecule has 1 aliphatic rings. The first-order valence-corrected chi connectivity index (χ1v) is 9.57. The van der Waals surface area contributed by atoms with Crippen molar-refractivity contribution in [1.82, 2.24) is 15.0 Å². The Morgan fingerprint density at radius 2 is 2.04 bits per heavy atom. The van der Waals surface area contributed by atoms with Gasteiger partial charge in [0.15, 0.2) is 0 Å². The van der Waals surface area contributed by atoms with E-state index in [2.05, 4.69) is 5.16 Å². The lowest BCUT2D eigenvalue weighted by Gasteiger charge is -2.34. The van der Waals surface area contributed by atoms with Crippen molar-refractivity contribution in [3.8, 4) is 0 Å². The molecule has 0 bridgehead atoms. The summed E-state index contributed by atoms with van der Waals surface area (Å²) in [5, 5.41) is 3.82. The molecule has 0 saturated carbocycles. The van der Waals surface area contributed by atoms with Gasteiger partial charge in [0.05, 0.1) is 18.2 Å². The first-order chi connectivity index (χ1) is 13.3. The van der Waals surface area contributed by atoms with Crippen LogP contribution >= 0.6 is 0 Å². The Morgan fingerprint density at radius 3 is 2.64 bits per heavy atom. The summed E-state index contributed by atoms with van der Waals surface area (Å²) in [6.45, 7) is 7.16. The van der Waals surface area contributed by atoms with E-state index in [0.29, 0.717) is 25.4 Å². The zero-order chi connectivity index (χ0) is 20.3. The highest BCUT2D eigenvalue weighted by atomic mass is 19.1. The molecule has 3 rings (SSSR count). The van der Waals surface area contributed by atoms with Crippen molar-refractivity contribution in [3.63, 3.8) is 0 Å². The Labute approximate surface area is 164 Å². The molecule has 1 saturated heterocycles. The molecule has 0 N–H and O–H groups in total. The molecule has 2 heterocycles. The monoisotopic (exact) mass is 387 g/mol. The largest absolute Gasteiger partial charge is 0.361 e. The summed E-state index contributed by atoms with van der Waals surface area (Å²) in [6.07, 6.45) is 0.406. The van der Waals surface area contributed by atoms with Crippen molar-refractivity contribution in [1.29, 1.82) is 0 Å². The molecule has 1 aliphatic heterocycles.